The van der Waals surface area contributed by atoms with Crippen LogP contribution in [0.1, 0.15) is 52.5 Å². The van der Waals surface area contributed by atoms with Gasteiger partial charge in [-0.05, 0) is 50.6 Å². The quantitative estimate of drug-likeness (QED) is 0.184. The molecule has 0 radical (unpaired) electrons. The molecule has 3 aliphatic heterocycles. The fraction of sp³-hybridized carbons (Fsp3) is 0.629. The second-order valence-electron chi connectivity index (χ2n) is 13.5. The van der Waals surface area contributed by atoms with E-state index in [2.05, 4.69) is 17.9 Å². The number of allylic oxidation sites excluding steroid dienone is 3. The van der Waals surface area contributed by atoms with Gasteiger partial charge in [-0.2, -0.15) is 12.6 Å². The fourth-order valence-electron chi connectivity index (χ4n) is 6.62. The monoisotopic (exact) mass is 739 g/mol. The summed E-state index contributed by atoms with van der Waals surface area (Å²) in [6.07, 6.45) is 0.342. The van der Waals surface area contributed by atoms with E-state index in [1.807, 2.05) is 32.1 Å². The predicted octanol–water partition coefficient (Wildman–Crippen LogP) is 3.63. The number of nitrogens with zero attached hydrogens (tertiary/aromatic N) is 2. The number of esters is 1. The number of alkyl carbamates (subject to hydrolysis) is 1. The first-order valence-electron chi connectivity index (χ1n) is 16.6. The minimum Gasteiger partial charge on any atom is -0.495 e. The van der Waals surface area contributed by atoms with Crippen molar-refractivity contribution in [3.05, 3.63) is 46.5 Å². The van der Waals surface area contributed by atoms with E-state index in [0.717, 1.165) is 11.1 Å². The Labute approximate surface area is 304 Å². The highest BCUT2D eigenvalue weighted by molar-refractivity contribution is 7.80. The number of hydrogen-bond acceptors (Lipinski definition) is 12. The number of anilines is 1. The SMILES string of the molecule is COc1cc2cc(c1Cl)N(C)C(O)C[C@H](OC(=O)[C@H](C)N(C)C(=O)CCS)C1(C)O[C@H]1[C@H](C)[C@@H]1C[C@@](O)(NC(=O)O1)[C@H](OC)/C=C/C=C(\C)C2. The van der Waals surface area contributed by atoms with Crippen LogP contribution in [-0.2, 0) is 35.0 Å². The van der Waals surface area contributed by atoms with Crippen molar-refractivity contribution in [2.75, 3.05) is 39.0 Å². The van der Waals surface area contributed by atoms with Crippen molar-refractivity contribution in [3.8, 4) is 5.75 Å². The lowest BCUT2D eigenvalue weighted by Gasteiger charge is -2.42. The van der Waals surface area contributed by atoms with Gasteiger partial charge in [-0.3, -0.25) is 10.1 Å². The van der Waals surface area contributed by atoms with E-state index >= 15 is 0 Å². The van der Waals surface area contributed by atoms with Crippen LogP contribution in [0.3, 0.4) is 0 Å². The average molecular weight is 740 g/mol. The number of aliphatic hydroxyl groups excluding tert-OH is 1. The summed E-state index contributed by atoms with van der Waals surface area (Å²) in [5.41, 5.74) is -0.665. The maximum atomic E-state index is 13.6. The molecule has 0 aromatic heterocycles. The first-order valence-corrected chi connectivity index (χ1v) is 17.6. The number of ether oxygens (including phenoxy) is 5. The first kappa shape index (κ1) is 39.8. The molecule has 4 rings (SSSR count). The van der Waals surface area contributed by atoms with Crippen molar-refractivity contribution in [2.45, 2.75) is 101 Å². The summed E-state index contributed by atoms with van der Waals surface area (Å²) in [6, 6.07) is 2.72. The number of benzene rings is 1. The first-order chi connectivity index (χ1) is 23.5. The van der Waals surface area contributed by atoms with E-state index in [0.29, 0.717) is 23.6 Å². The molecule has 278 valence electrons. The van der Waals surface area contributed by atoms with Crippen LogP contribution in [0.4, 0.5) is 10.5 Å². The Morgan fingerprint density at radius 2 is 2.00 bits per heavy atom. The number of rotatable bonds is 7. The van der Waals surface area contributed by atoms with Gasteiger partial charge >= 0.3 is 12.1 Å². The Morgan fingerprint density at radius 3 is 2.64 bits per heavy atom. The summed E-state index contributed by atoms with van der Waals surface area (Å²) < 4.78 is 29.2. The number of hydrogen-bond donors (Lipinski definition) is 4. The standard InChI is InChI=1S/C35H50ClN3O10S/c1-19-10-9-11-26(46-8)35(44)18-25(47-33(43)37-35)20(2)31-34(4,49-31)27(48-32(42)21(3)38(5)28(40)12-13-50)17-29(41)39(6)23-15-22(14-19)16-24(45-7)30(23)36/h9-11,15-16,20-21,25-27,29,31,41,44,50H,12-14,17-18H2,1-8H3,(H,37,43)/b11-9+,19-10+/t20-,21+,25+,26-,27+,29?,31+,34?,35+/m1/s1. The lowest BCUT2D eigenvalue weighted by molar-refractivity contribution is -0.162. The molecule has 9 atom stereocenters. The molecule has 1 aromatic carbocycles. The fourth-order valence-corrected chi connectivity index (χ4v) is 7.13. The number of epoxide rings is 1. The summed E-state index contributed by atoms with van der Waals surface area (Å²) in [6.45, 7) is 7.07. The van der Waals surface area contributed by atoms with Crippen molar-refractivity contribution in [1.29, 1.82) is 0 Å². The maximum Gasteiger partial charge on any atom is 0.409 e. The van der Waals surface area contributed by atoms with Crippen LogP contribution in [0.5, 0.6) is 5.75 Å². The Hall–Kier alpha value is -3.01. The molecule has 3 N–H and O–H groups in total. The van der Waals surface area contributed by atoms with E-state index in [9.17, 15) is 24.6 Å². The van der Waals surface area contributed by atoms with E-state index in [1.54, 1.807) is 37.9 Å². The average Bonchev–Trinajstić information content (AvgIpc) is 3.76. The molecular weight excluding hydrogens is 690 g/mol. The van der Waals surface area contributed by atoms with Crippen LogP contribution in [0.2, 0.25) is 5.02 Å². The van der Waals surface area contributed by atoms with Crippen LogP contribution in [0, 0.1) is 5.92 Å². The normalized spacial score (nSPS) is 33.8. The van der Waals surface area contributed by atoms with Gasteiger partial charge in [0, 0.05) is 46.4 Å². The summed E-state index contributed by atoms with van der Waals surface area (Å²) in [5, 5.41) is 26.2. The van der Waals surface area contributed by atoms with Crippen molar-refractivity contribution >= 4 is 47.9 Å². The smallest absolute Gasteiger partial charge is 0.409 e. The molecule has 0 aliphatic carbocycles. The van der Waals surface area contributed by atoms with Gasteiger partial charge in [-0.15, -0.1) is 0 Å². The molecule has 15 heteroatoms. The van der Waals surface area contributed by atoms with Crippen LogP contribution >= 0.6 is 24.2 Å². The minimum atomic E-state index is -1.81. The summed E-state index contributed by atoms with van der Waals surface area (Å²) in [4.78, 5) is 41.8. The zero-order valence-electron chi connectivity index (χ0n) is 29.8. The van der Waals surface area contributed by atoms with Gasteiger partial charge in [0.2, 0.25) is 5.91 Å². The molecule has 3 aliphatic rings. The number of methoxy groups -OCH3 is 2. The zero-order valence-corrected chi connectivity index (χ0v) is 31.5. The topological polar surface area (TPSA) is 160 Å². The van der Waals surface area contributed by atoms with Crippen LogP contribution < -0.4 is 15.0 Å². The number of fused-ring (bicyclic) bond motifs is 5. The Balaban J connectivity index is 1.77. The van der Waals surface area contributed by atoms with Crippen molar-refractivity contribution in [3.63, 3.8) is 0 Å². The highest BCUT2D eigenvalue weighted by atomic mass is 35.5. The van der Waals surface area contributed by atoms with Gasteiger partial charge in [-0.25, -0.2) is 9.59 Å². The largest absolute Gasteiger partial charge is 0.495 e. The Bertz CT molecular complexity index is 1490. The van der Waals surface area contributed by atoms with E-state index < -0.39 is 66.0 Å². The molecule has 1 aromatic rings. The zero-order chi connectivity index (χ0) is 37.1. The van der Waals surface area contributed by atoms with Crippen molar-refractivity contribution < 1.29 is 48.3 Å². The third-order valence-corrected chi connectivity index (χ3v) is 10.6. The number of aliphatic hydroxyl groups is 2. The maximum absolute atomic E-state index is 13.6. The van der Waals surface area contributed by atoms with Crippen molar-refractivity contribution in [1.82, 2.24) is 10.2 Å². The second kappa shape index (κ2) is 16.1. The van der Waals surface area contributed by atoms with E-state index in [4.69, 9.17) is 35.3 Å². The lowest BCUT2D eigenvalue weighted by Crippen LogP contribution is -2.63. The molecule has 13 nitrogen and oxygen atoms in total. The molecule has 4 bridgehead atoms. The van der Waals surface area contributed by atoms with Gasteiger partial charge in [0.25, 0.3) is 0 Å². The Morgan fingerprint density at radius 1 is 1.30 bits per heavy atom. The van der Waals surface area contributed by atoms with Crippen molar-refractivity contribution in [2.24, 2.45) is 5.92 Å². The minimum absolute atomic E-state index is 0.0313. The number of thiol groups is 1. The molecule has 2 unspecified atom stereocenters. The number of likely N-dealkylation sites (N-methyl/N-ethyl adjacent to an activating group) is 1. The van der Waals surface area contributed by atoms with E-state index in [1.165, 1.54) is 26.2 Å². The molecule has 2 saturated heterocycles. The third-order valence-electron chi connectivity index (χ3n) is 10.0. The highest BCUT2D eigenvalue weighted by Gasteiger charge is 2.64. The lowest BCUT2D eigenvalue weighted by atomic mass is 9.83. The van der Waals surface area contributed by atoms with Crippen LogP contribution in [0.25, 0.3) is 0 Å². The molecular formula is C35H50ClN3O10S. The van der Waals surface area contributed by atoms with Gasteiger partial charge < -0.3 is 43.7 Å². The molecule has 3 heterocycles. The van der Waals surface area contributed by atoms with Crippen LogP contribution in [0.15, 0.2) is 35.9 Å². The molecule has 0 spiro atoms. The number of nitrogens with one attached hydrogen (secondary N) is 1. The summed E-state index contributed by atoms with van der Waals surface area (Å²) in [7, 11) is 6.13. The molecule has 0 saturated carbocycles. The van der Waals surface area contributed by atoms with Gasteiger partial charge in [0.1, 0.15) is 47.0 Å². The highest BCUT2D eigenvalue weighted by Crippen LogP contribution is 2.49. The number of carbonyl (C=O) groups is 3. The molecule has 2 amide bonds. The van der Waals surface area contributed by atoms with Crippen LogP contribution in [-0.4, -0.2) is 115 Å². The van der Waals surface area contributed by atoms with Gasteiger partial charge in [0.15, 0.2) is 5.72 Å². The number of amides is 2. The number of halogens is 1. The summed E-state index contributed by atoms with van der Waals surface area (Å²) in [5.74, 6) is -0.730. The van der Waals surface area contributed by atoms with E-state index in [-0.39, 0.29) is 30.2 Å². The number of carbonyl (C=O) groups excluding carboxylic acids is 3. The molecule has 2 fully saturated rings. The van der Waals surface area contributed by atoms with Gasteiger partial charge in [0.05, 0.1) is 18.9 Å². The molecule has 50 heavy (non-hydrogen) atoms. The Kier molecular flexibility index (Phi) is 12.8. The third kappa shape index (κ3) is 8.54. The summed E-state index contributed by atoms with van der Waals surface area (Å²) >= 11 is 10.9. The van der Waals surface area contributed by atoms with Gasteiger partial charge in [-0.1, -0.05) is 42.3 Å². The predicted molar refractivity (Wildman–Crippen MR) is 190 cm³/mol. The second-order valence-corrected chi connectivity index (χ2v) is 14.4.